The van der Waals surface area contributed by atoms with Crippen LogP contribution in [0.25, 0.3) is 0 Å². The van der Waals surface area contributed by atoms with Gasteiger partial charge in [0.05, 0.1) is 42.6 Å². The molecule has 0 aromatic heterocycles. The number of nitrogens with one attached hydrogen (secondary N) is 2. The van der Waals surface area contributed by atoms with E-state index in [1.54, 1.807) is 67.6 Å². The highest BCUT2D eigenvalue weighted by Gasteiger charge is 2.39. The second-order valence-corrected chi connectivity index (χ2v) is 7.95. The van der Waals surface area contributed by atoms with Crippen molar-refractivity contribution in [3.63, 3.8) is 0 Å². The molecule has 36 heavy (non-hydrogen) atoms. The highest BCUT2D eigenvalue weighted by Crippen LogP contribution is 2.35. The molecule has 2 N–H and O–H groups in total. The lowest BCUT2D eigenvalue weighted by molar-refractivity contribution is -0.122. The van der Waals surface area contributed by atoms with Gasteiger partial charge >= 0.3 is 5.97 Å². The fourth-order valence-corrected chi connectivity index (χ4v) is 3.97. The summed E-state index contributed by atoms with van der Waals surface area (Å²) in [5.74, 6) is -1.53. The summed E-state index contributed by atoms with van der Waals surface area (Å²) in [5.41, 5.74) is 2.00. The minimum Gasteiger partial charge on any atom is -0.496 e. The number of carbonyl (C=O) groups excluding carboxylic acids is 4. The fourth-order valence-electron chi connectivity index (χ4n) is 3.97. The van der Waals surface area contributed by atoms with Crippen LogP contribution in [0.2, 0.25) is 0 Å². The molecule has 1 atom stereocenters. The number of carbonyl (C=O) groups is 4. The summed E-state index contributed by atoms with van der Waals surface area (Å²) in [6.45, 7) is 1.97. The second kappa shape index (κ2) is 10.7. The summed E-state index contributed by atoms with van der Waals surface area (Å²) >= 11 is 0. The molecule has 0 saturated carbocycles. The first kappa shape index (κ1) is 24.5. The zero-order valence-electron chi connectivity index (χ0n) is 19.8. The highest BCUT2D eigenvalue weighted by molar-refractivity contribution is 6.18. The van der Waals surface area contributed by atoms with Crippen LogP contribution in [-0.2, 0) is 14.3 Å². The molecule has 3 aromatic carbocycles. The molecule has 0 aliphatic carbocycles. The van der Waals surface area contributed by atoms with Crippen molar-refractivity contribution in [3.05, 3.63) is 83.9 Å². The Morgan fingerprint density at radius 3 is 2.39 bits per heavy atom. The first-order chi connectivity index (χ1) is 17.4. The second-order valence-electron chi connectivity index (χ2n) is 7.95. The van der Waals surface area contributed by atoms with E-state index >= 15 is 0 Å². The van der Waals surface area contributed by atoms with Gasteiger partial charge in [-0.25, -0.2) is 4.79 Å². The van der Waals surface area contributed by atoms with Gasteiger partial charge in [0.25, 0.3) is 5.91 Å². The molecule has 4 rings (SSSR count). The molecular formula is C27H25N3O6. The number of para-hydroxylation sites is 3. The third-order valence-corrected chi connectivity index (χ3v) is 5.65. The van der Waals surface area contributed by atoms with Crippen LogP contribution in [0, 0.1) is 0 Å². The van der Waals surface area contributed by atoms with E-state index < -0.39 is 29.7 Å². The Bertz CT molecular complexity index is 1300. The molecule has 0 saturated heterocycles. The van der Waals surface area contributed by atoms with Crippen LogP contribution in [0.5, 0.6) is 5.75 Å². The van der Waals surface area contributed by atoms with E-state index in [-0.39, 0.29) is 18.6 Å². The number of benzene rings is 3. The van der Waals surface area contributed by atoms with E-state index in [0.717, 1.165) is 0 Å². The van der Waals surface area contributed by atoms with Crippen molar-refractivity contribution < 1.29 is 28.7 Å². The molecule has 9 nitrogen and oxygen atoms in total. The van der Waals surface area contributed by atoms with Crippen molar-refractivity contribution in [2.24, 2.45) is 0 Å². The van der Waals surface area contributed by atoms with Crippen LogP contribution in [0.3, 0.4) is 0 Å². The van der Waals surface area contributed by atoms with Gasteiger partial charge in [-0.2, -0.15) is 0 Å². The summed E-state index contributed by atoms with van der Waals surface area (Å²) in [6, 6.07) is 18.7. The first-order valence-electron chi connectivity index (χ1n) is 11.4. The molecule has 3 aromatic rings. The Morgan fingerprint density at radius 2 is 1.67 bits per heavy atom. The summed E-state index contributed by atoms with van der Waals surface area (Å²) in [6.07, 6.45) is -0.291. The molecule has 0 spiro atoms. The third kappa shape index (κ3) is 5.05. The molecule has 0 radical (unpaired) electrons. The molecule has 184 valence electrons. The standard InChI is InChI=1S/C27H25N3O6/c1-3-36-27(34)17-12-14-18(15-13-17)28-24(31)16-22-25(32)29-20-9-5-6-10-21(20)30(22)26(33)19-8-4-7-11-23(19)35-2/h4-15,22H,3,16H2,1-2H3,(H,28,31)(H,29,32). The van der Waals surface area contributed by atoms with E-state index in [4.69, 9.17) is 9.47 Å². The Balaban J connectivity index is 1.59. The van der Waals surface area contributed by atoms with E-state index in [2.05, 4.69) is 10.6 Å². The van der Waals surface area contributed by atoms with E-state index in [0.29, 0.717) is 28.4 Å². The first-order valence-corrected chi connectivity index (χ1v) is 11.4. The quantitative estimate of drug-likeness (QED) is 0.489. The molecule has 1 aliphatic rings. The number of ether oxygens (including phenoxy) is 2. The van der Waals surface area contributed by atoms with Gasteiger partial charge in [0.1, 0.15) is 11.8 Å². The monoisotopic (exact) mass is 487 g/mol. The molecule has 1 unspecified atom stereocenters. The van der Waals surface area contributed by atoms with Gasteiger partial charge in [0, 0.05) is 5.69 Å². The van der Waals surface area contributed by atoms with Crippen LogP contribution in [0.1, 0.15) is 34.1 Å². The predicted octanol–water partition coefficient (Wildman–Crippen LogP) is 3.87. The Labute approximate surface area is 208 Å². The van der Waals surface area contributed by atoms with Gasteiger partial charge in [-0.15, -0.1) is 0 Å². The Kier molecular flexibility index (Phi) is 7.29. The maximum atomic E-state index is 13.7. The van der Waals surface area contributed by atoms with Gasteiger partial charge < -0.3 is 20.1 Å². The van der Waals surface area contributed by atoms with Gasteiger partial charge in [0.2, 0.25) is 11.8 Å². The molecule has 1 heterocycles. The van der Waals surface area contributed by atoms with Crippen LogP contribution < -0.4 is 20.3 Å². The zero-order valence-corrected chi connectivity index (χ0v) is 19.8. The number of hydrogen-bond acceptors (Lipinski definition) is 6. The third-order valence-electron chi connectivity index (χ3n) is 5.65. The van der Waals surface area contributed by atoms with Crippen LogP contribution in [0.15, 0.2) is 72.8 Å². The molecule has 9 heteroatoms. The van der Waals surface area contributed by atoms with Crippen molar-refractivity contribution in [1.29, 1.82) is 0 Å². The zero-order chi connectivity index (χ0) is 25.7. The van der Waals surface area contributed by atoms with Gasteiger partial charge in [-0.3, -0.25) is 19.3 Å². The number of methoxy groups -OCH3 is 1. The maximum absolute atomic E-state index is 13.7. The normalized spacial score (nSPS) is 14.3. The minimum atomic E-state index is -1.10. The lowest BCUT2D eigenvalue weighted by atomic mass is 10.0. The smallest absolute Gasteiger partial charge is 0.338 e. The van der Waals surface area contributed by atoms with Gasteiger partial charge in [-0.05, 0) is 55.5 Å². The van der Waals surface area contributed by atoms with E-state index in [1.165, 1.54) is 24.1 Å². The number of anilines is 3. The summed E-state index contributed by atoms with van der Waals surface area (Å²) in [5, 5.41) is 5.50. The average molecular weight is 488 g/mol. The van der Waals surface area contributed by atoms with Crippen molar-refractivity contribution in [3.8, 4) is 5.75 Å². The van der Waals surface area contributed by atoms with E-state index in [9.17, 15) is 19.2 Å². The fraction of sp³-hybridized carbons (Fsp3) is 0.185. The molecule has 0 fully saturated rings. The van der Waals surface area contributed by atoms with Crippen LogP contribution in [0.4, 0.5) is 17.1 Å². The lowest BCUT2D eigenvalue weighted by Gasteiger charge is -2.36. The van der Waals surface area contributed by atoms with Gasteiger partial charge in [0.15, 0.2) is 0 Å². The lowest BCUT2D eigenvalue weighted by Crippen LogP contribution is -2.52. The Morgan fingerprint density at radius 1 is 0.972 bits per heavy atom. The average Bonchev–Trinajstić information content (AvgIpc) is 2.89. The molecule has 1 aliphatic heterocycles. The summed E-state index contributed by atoms with van der Waals surface area (Å²) in [4.78, 5) is 52.9. The van der Waals surface area contributed by atoms with Crippen molar-refractivity contribution in [2.75, 3.05) is 29.3 Å². The Hall–Kier alpha value is -4.66. The van der Waals surface area contributed by atoms with Crippen LogP contribution in [-0.4, -0.2) is 43.4 Å². The van der Waals surface area contributed by atoms with Crippen molar-refractivity contribution >= 4 is 40.8 Å². The van der Waals surface area contributed by atoms with Gasteiger partial charge in [-0.1, -0.05) is 24.3 Å². The molecular weight excluding hydrogens is 462 g/mol. The molecule has 3 amide bonds. The van der Waals surface area contributed by atoms with Crippen LogP contribution >= 0.6 is 0 Å². The topological polar surface area (TPSA) is 114 Å². The van der Waals surface area contributed by atoms with Crippen molar-refractivity contribution in [1.82, 2.24) is 0 Å². The number of amides is 3. The summed E-state index contributed by atoms with van der Waals surface area (Å²) in [7, 11) is 1.46. The number of nitrogens with zero attached hydrogens (tertiary/aromatic N) is 1. The largest absolute Gasteiger partial charge is 0.496 e. The minimum absolute atomic E-state index is 0.258. The number of hydrogen-bond donors (Lipinski definition) is 2. The SMILES string of the molecule is CCOC(=O)c1ccc(NC(=O)CC2C(=O)Nc3ccccc3N2C(=O)c2ccccc2OC)cc1. The van der Waals surface area contributed by atoms with Crippen molar-refractivity contribution in [2.45, 2.75) is 19.4 Å². The number of rotatable bonds is 7. The highest BCUT2D eigenvalue weighted by atomic mass is 16.5. The van der Waals surface area contributed by atoms with E-state index in [1.807, 2.05) is 0 Å². The summed E-state index contributed by atoms with van der Waals surface area (Å²) < 4.78 is 10.3. The number of fused-ring (bicyclic) bond motifs is 1. The molecule has 0 bridgehead atoms. The maximum Gasteiger partial charge on any atom is 0.338 e. The number of esters is 1. The predicted molar refractivity (Wildman–Crippen MR) is 134 cm³/mol.